The molecule has 86 valence electrons. The fourth-order valence-corrected chi connectivity index (χ4v) is 1.67. The number of carbonyl (C=O) groups is 1. The maximum absolute atomic E-state index is 11.4. The molecule has 0 spiro atoms. The zero-order valence-electron chi connectivity index (χ0n) is 9.32. The van der Waals surface area contributed by atoms with Gasteiger partial charge in [-0.3, -0.25) is 4.79 Å². The van der Waals surface area contributed by atoms with Crippen LogP contribution in [-0.4, -0.2) is 25.7 Å². The molecule has 0 aliphatic carbocycles. The van der Waals surface area contributed by atoms with Crippen LogP contribution >= 0.6 is 0 Å². The van der Waals surface area contributed by atoms with E-state index < -0.39 is 0 Å². The highest BCUT2D eigenvalue weighted by Gasteiger charge is 2.25. The van der Waals surface area contributed by atoms with E-state index >= 15 is 0 Å². The molecule has 1 aliphatic heterocycles. The molecule has 1 N–H and O–H groups in total. The average Bonchev–Trinajstić information content (AvgIpc) is 2.23. The van der Waals surface area contributed by atoms with Crippen molar-refractivity contribution in [2.45, 2.75) is 12.8 Å². The van der Waals surface area contributed by atoms with Gasteiger partial charge in [0.2, 0.25) is 0 Å². The third kappa shape index (κ3) is 3.07. The second-order valence-corrected chi connectivity index (χ2v) is 4.11. The average molecular weight is 219 g/mol. The molecule has 0 bridgehead atoms. The Bertz CT molecular complexity index is 333. The van der Waals surface area contributed by atoms with Crippen LogP contribution in [0.25, 0.3) is 0 Å². The lowest BCUT2D eigenvalue weighted by Gasteiger charge is -2.24. The summed E-state index contributed by atoms with van der Waals surface area (Å²) in [6.45, 7) is 2.08. The molecule has 1 heterocycles. The molecule has 0 atom stereocenters. The molecular weight excluding hydrogens is 202 g/mol. The molecule has 1 aliphatic rings. The fourth-order valence-electron chi connectivity index (χ4n) is 1.67. The van der Waals surface area contributed by atoms with Crippen LogP contribution < -0.4 is 5.32 Å². The van der Waals surface area contributed by atoms with E-state index in [1.54, 1.807) is 0 Å². The van der Waals surface area contributed by atoms with Gasteiger partial charge in [-0.15, -0.1) is 0 Å². The first-order valence-electron chi connectivity index (χ1n) is 5.77. The van der Waals surface area contributed by atoms with Gasteiger partial charge < -0.3 is 10.1 Å². The lowest BCUT2D eigenvalue weighted by atomic mass is 10.0. The van der Waals surface area contributed by atoms with Crippen LogP contribution in [0.4, 0.5) is 0 Å². The summed E-state index contributed by atoms with van der Waals surface area (Å²) in [5.74, 6) is 0.0449. The van der Waals surface area contributed by atoms with Crippen molar-refractivity contribution in [2.24, 2.45) is 5.92 Å². The molecule has 0 aromatic heterocycles. The Labute approximate surface area is 95.8 Å². The summed E-state index contributed by atoms with van der Waals surface area (Å²) in [5, 5.41) is 3.06. The molecule has 1 fully saturated rings. The molecule has 16 heavy (non-hydrogen) atoms. The molecule has 2 rings (SSSR count). The van der Waals surface area contributed by atoms with E-state index in [1.807, 2.05) is 18.2 Å². The zero-order valence-corrected chi connectivity index (χ0v) is 9.32. The normalized spacial score (nSPS) is 15.5. The molecule has 3 nitrogen and oxygen atoms in total. The number of esters is 1. The zero-order chi connectivity index (χ0) is 11.2. The number of hydrogen-bond acceptors (Lipinski definition) is 3. The standard InChI is InChI=1S/C13H17NO2/c15-13(12-9-14-10-12)16-8-4-7-11-5-2-1-3-6-11/h1-3,5-6,12,14H,4,7-10H2. The molecule has 1 aromatic carbocycles. The van der Waals surface area contributed by atoms with Crippen LogP contribution in [0.15, 0.2) is 30.3 Å². The van der Waals surface area contributed by atoms with Gasteiger partial charge in [0.1, 0.15) is 0 Å². The highest BCUT2D eigenvalue weighted by molar-refractivity contribution is 5.73. The minimum atomic E-state index is -0.0492. The predicted octanol–water partition coefficient (Wildman–Crippen LogP) is 1.38. The van der Waals surface area contributed by atoms with Crippen molar-refractivity contribution in [1.29, 1.82) is 0 Å². The largest absolute Gasteiger partial charge is 0.465 e. The maximum atomic E-state index is 11.4. The first-order valence-corrected chi connectivity index (χ1v) is 5.77. The summed E-state index contributed by atoms with van der Waals surface area (Å²) < 4.78 is 5.19. The van der Waals surface area contributed by atoms with Crippen LogP contribution in [0, 0.1) is 5.92 Å². The summed E-state index contributed by atoms with van der Waals surface area (Å²) in [7, 11) is 0. The Hall–Kier alpha value is -1.35. The lowest BCUT2D eigenvalue weighted by Crippen LogP contribution is -2.47. The van der Waals surface area contributed by atoms with Crippen LogP contribution in [-0.2, 0) is 16.0 Å². The third-order valence-corrected chi connectivity index (χ3v) is 2.81. The molecule has 1 saturated heterocycles. The minimum Gasteiger partial charge on any atom is -0.465 e. The predicted molar refractivity (Wildman–Crippen MR) is 62.1 cm³/mol. The van der Waals surface area contributed by atoms with Crippen LogP contribution in [0.5, 0.6) is 0 Å². The number of carbonyl (C=O) groups excluding carboxylic acids is 1. The molecule has 0 radical (unpaired) electrons. The summed E-state index contributed by atoms with van der Waals surface area (Å²) in [6.07, 6.45) is 1.87. The van der Waals surface area contributed by atoms with Gasteiger partial charge >= 0.3 is 5.97 Å². The SMILES string of the molecule is O=C(OCCCc1ccccc1)C1CNC1. The van der Waals surface area contributed by atoms with E-state index in [-0.39, 0.29) is 11.9 Å². The summed E-state index contributed by atoms with van der Waals surface area (Å²) in [6, 6.07) is 10.3. The van der Waals surface area contributed by atoms with Crippen molar-refractivity contribution in [3.63, 3.8) is 0 Å². The smallest absolute Gasteiger partial charge is 0.311 e. The summed E-state index contributed by atoms with van der Waals surface area (Å²) >= 11 is 0. The minimum absolute atomic E-state index is 0.0492. The molecule has 1 aromatic rings. The first-order chi connectivity index (χ1) is 7.86. The van der Waals surface area contributed by atoms with Gasteiger partial charge in [0, 0.05) is 13.1 Å². The van der Waals surface area contributed by atoms with Crippen molar-refractivity contribution in [2.75, 3.05) is 19.7 Å². The highest BCUT2D eigenvalue weighted by Crippen LogP contribution is 2.07. The number of aryl methyl sites for hydroxylation is 1. The quantitative estimate of drug-likeness (QED) is 0.600. The third-order valence-electron chi connectivity index (χ3n) is 2.81. The second-order valence-electron chi connectivity index (χ2n) is 4.11. The van der Waals surface area contributed by atoms with Gasteiger partial charge in [0.15, 0.2) is 0 Å². The maximum Gasteiger partial charge on any atom is 0.311 e. The van der Waals surface area contributed by atoms with E-state index in [9.17, 15) is 4.79 Å². The molecule has 3 heteroatoms. The van der Waals surface area contributed by atoms with E-state index in [0.29, 0.717) is 6.61 Å². The molecule has 0 saturated carbocycles. The van der Waals surface area contributed by atoms with Crippen molar-refractivity contribution in [3.05, 3.63) is 35.9 Å². The Morgan fingerprint density at radius 3 is 2.69 bits per heavy atom. The Kier molecular flexibility index (Phi) is 3.94. The Morgan fingerprint density at radius 1 is 1.31 bits per heavy atom. The van der Waals surface area contributed by atoms with Crippen LogP contribution in [0.3, 0.4) is 0 Å². The molecule has 0 amide bonds. The van der Waals surface area contributed by atoms with E-state index in [4.69, 9.17) is 4.74 Å². The Balaban J connectivity index is 1.60. The van der Waals surface area contributed by atoms with Crippen LogP contribution in [0.2, 0.25) is 0 Å². The number of nitrogens with one attached hydrogen (secondary N) is 1. The number of rotatable bonds is 5. The van der Waals surface area contributed by atoms with E-state index in [0.717, 1.165) is 25.9 Å². The van der Waals surface area contributed by atoms with Crippen molar-refractivity contribution in [1.82, 2.24) is 5.32 Å². The van der Waals surface area contributed by atoms with Gasteiger partial charge in [-0.1, -0.05) is 30.3 Å². The number of benzene rings is 1. The topological polar surface area (TPSA) is 38.3 Å². The molecular formula is C13H17NO2. The lowest BCUT2D eigenvalue weighted by molar-refractivity contribution is -0.150. The first kappa shape index (κ1) is 11.1. The molecule has 0 unspecified atom stereocenters. The van der Waals surface area contributed by atoms with Gasteiger partial charge in [-0.2, -0.15) is 0 Å². The number of hydrogen-bond donors (Lipinski definition) is 1. The fraction of sp³-hybridized carbons (Fsp3) is 0.462. The number of ether oxygens (including phenoxy) is 1. The summed E-state index contributed by atoms with van der Waals surface area (Å²) in [4.78, 5) is 11.4. The highest BCUT2D eigenvalue weighted by atomic mass is 16.5. The summed E-state index contributed by atoms with van der Waals surface area (Å²) in [5.41, 5.74) is 1.30. The van der Waals surface area contributed by atoms with Crippen molar-refractivity contribution >= 4 is 5.97 Å². The van der Waals surface area contributed by atoms with Gasteiger partial charge in [0.05, 0.1) is 12.5 Å². The Morgan fingerprint density at radius 2 is 2.06 bits per heavy atom. The van der Waals surface area contributed by atoms with Crippen molar-refractivity contribution in [3.8, 4) is 0 Å². The second kappa shape index (κ2) is 5.66. The van der Waals surface area contributed by atoms with E-state index in [2.05, 4.69) is 17.4 Å². The van der Waals surface area contributed by atoms with Gasteiger partial charge in [0.25, 0.3) is 0 Å². The van der Waals surface area contributed by atoms with E-state index in [1.165, 1.54) is 5.56 Å². The van der Waals surface area contributed by atoms with Gasteiger partial charge in [-0.25, -0.2) is 0 Å². The van der Waals surface area contributed by atoms with Crippen LogP contribution in [0.1, 0.15) is 12.0 Å². The monoisotopic (exact) mass is 219 g/mol. The van der Waals surface area contributed by atoms with Crippen molar-refractivity contribution < 1.29 is 9.53 Å². The van der Waals surface area contributed by atoms with Gasteiger partial charge in [-0.05, 0) is 18.4 Å².